The molecule has 1 aliphatic carbocycles. The smallest absolute Gasteiger partial charge is 0.0520 e. The maximum absolute atomic E-state index is 2.51. The lowest BCUT2D eigenvalue weighted by atomic mass is 9.73. The maximum atomic E-state index is 2.51. The summed E-state index contributed by atoms with van der Waals surface area (Å²) in [7, 11) is 0. The molecule has 0 bridgehead atoms. The van der Waals surface area contributed by atoms with Gasteiger partial charge in [0.15, 0.2) is 0 Å². The summed E-state index contributed by atoms with van der Waals surface area (Å²) in [6.45, 7) is 2.44. The van der Waals surface area contributed by atoms with Gasteiger partial charge in [0.1, 0.15) is 0 Å². The summed E-state index contributed by atoms with van der Waals surface area (Å²) in [5, 5.41) is 5.09. The van der Waals surface area contributed by atoms with E-state index in [2.05, 4.69) is 194 Å². The average molecular weight is 656 g/mol. The van der Waals surface area contributed by atoms with Gasteiger partial charge in [-0.15, -0.1) is 11.3 Å². The first-order chi connectivity index (χ1) is 24.7. The van der Waals surface area contributed by atoms with E-state index < -0.39 is 5.41 Å². The Morgan fingerprint density at radius 2 is 1.02 bits per heavy atom. The van der Waals surface area contributed by atoms with Crippen molar-refractivity contribution in [2.24, 2.45) is 0 Å². The fourth-order valence-corrected chi connectivity index (χ4v) is 9.39. The molecule has 2 heteroatoms. The van der Waals surface area contributed by atoms with Crippen LogP contribution in [-0.4, -0.2) is 0 Å². The van der Waals surface area contributed by atoms with Crippen LogP contribution in [0.1, 0.15) is 23.6 Å². The lowest BCUT2D eigenvalue weighted by Crippen LogP contribution is -2.26. The summed E-state index contributed by atoms with van der Waals surface area (Å²) in [4.78, 5) is 2.50. The first-order valence-electron chi connectivity index (χ1n) is 17.3. The van der Waals surface area contributed by atoms with Gasteiger partial charge in [0, 0.05) is 37.0 Å². The van der Waals surface area contributed by atoms with Crippen LogP contribution in [0.15, 0.2) is 182 Å². The highest BCUT2D eigenvalue weighted by Crippen LogP contribution is 2.56. The van der Waals surface area contributed by atoms with Crippen molar-refractivity contribution in [3.63, 3.8) is 0 Å². The molecule has 8 aromatic carbocycles. The molecule has 0 unspecified atom stereocenters. The van der Waals surface area contributed by atoms with Crippen molar-refractivity contribution in [2.45, 2.75) is 12.3 Å². The van der Waals surface area contributed by atoms with Crippen molar-refractivity contribution in [2.75, 3.05) is 4.90 Å². The fourth-order valence-electron chi connectivity index (χ4n) is 8.27. The molecule has 1 aliphatic rings. The van der Waals surface area contributed by atoms with E-state index in [1.807, 2.05) is 11.3 Å². The normalized spacial score (nSPS) is 13.1. The van der Waals surface area contributed by atoms with Crippen molar-refractivity contribution >= 4 is 59.3 Å². The highest BCUT2D eigenvalue weighted by atomic mass is 32.1. The molecule has 236 valence electrons. The molecule has 0 spiro atoms. The second kappa shape index (κ2) is 11.3. The maximum Gasteiger partial charge on any atom is 0.0520 e. The topological polar surface area (TPSA) is 3.24 Å². The summed E-state index contributed by atoms with van der Waals surface area (Å²) in [5.74, 6) is 0. The zero-order valence-corrected chi connectivity index (χ0v) is 28.5. The molecule has 0 saturated carbocycles. The van der Waals surface area contributed by atoms with Gasteiger partial charge in [0.05, 0.1) is 5.69 Å². The minimum atomic E-state index is -0.390. The molecule has 1 nitrogen and oxygen atoms in total. The molecule has 0 N–H and O–H groups in total. The van der Waals surface area contributed by atoms with Gasteiger partial charge in [-0.05, 0) is 99.1 Å². The second-order valence-corrected chi connectivity index (χ2v) is 14.5. The Kier molecular flexibility index (Phi) is 6.55. The summed E-state index contributed by atoms with van der Waals surface area (Å²) in [6, 6.07) is 67.1. The van der Waals surface area contributed by atoms with Crippen LogP contribution in [0.2, 0.25) is 0 Å². The fraction of sp³-hybridized carbons (Fsp3) is 0.0417. The minimum absolute atomic E-state index is 0.390. The van der Waals surface area contributed by atoms with E-state index in [0.717, 1.165) is 11.4 Å². The molecule has 0 atom stereocenters. The SMILES string of the molecule is CC1(c2cc3c(cc2N(c2ccc(-c4ccccc4)cc2)c2ccc4ccccc4c2)sc2ccccc23)c2ccccc2-c2ccccc21. The van der Waals surface area contributed by atoms with Crippen LogP contribution < -0.4 is 4.90 Å². The average Bonchev–Trinajstić information content (AvgIpc) is 3.68. The van der Waals surface area contributed by atoms with Crippen LogP contribution in [0.3, 0.4) is 0 Å². The molecule has 0 radical (unpaired) electrons. The van der Waals surface area contributed by atoms with Crippen LogP contribution in [0, 0.1) is 0 Å². The zero-order valence-electron chi connectivity index (χ0n) is 27.7. The quantitative estimate of drug-likeness (QED) is 0.178. The first kappa shape index (κ1) is 29.0. The number of fused-ring (bicyclic) bond motifs is 7. The van der Waals surface area contributed by atoms with Gasteiger partial charge >= 0.3 is 0 Å². The van der Waals surface area contributed by atoms with Gasteiger partial charge in [-0.3, -0.25) is 0 Å². The molecule has 1 heterocycles. The molecule has 0 saturated heterocycles. The van der Waals surface area contributed by atoms with Crippen molar-refractivity contribution in [3.8, 4) is 22.3 Å². The number of benzene rings is 8. The Morgan fingerprint density at radius 1 is 0.420 bits per heavy atom. The van der Waals surface area contributed by atoms with Crippen molar-refractivity contribution < 1.29 is 0 Å². The monoisotopic (exact) mass is 655 g/mol. The van der Waals surface area contributed by atoms with E-state index in [4.69, 9.17) is 0 Å². The van der Waals surface area contributed by atoms with Crippen molar-refractivity contribution in [3.05, 3.63) is 199 Å². The van der Waals surface area contributed by atoms with Crippen molar-refractivity contribution in [1.82, 2.24) is 0 Å². The van der Waals surface area contributed by atoms with Gasteiger partial charge in [-0.25, -0.2) is 0 Å². The van der Waals surface area contributed by atoms with Gasteiger partial charge < -0.3 is 4.90 Å². The lowest BCUT2D eigenvalue weighted by Gasteiger charge is -2.35. The van der Waals surface area contributed by atoms with Crippen LogP contribution in [0.25, 0.3) is 53.2 Å². The molecule has 0 aliphatic heterocycles. The summed E-state index contributed by atoms with van der Waals surface area (Å²) in [5.41, 5.74) is 12.1. The standard InChI is InChI=1S/C48H33NS/c1-48(42-20-10-7-17-38(42)39-18-8-11-21-43(39)48)44-30-41-40-19-9-12-22-46(40)50-47(41)31-45(44)49(37-28-25-33-15-5-6-16-35(33)29-37)36-26-23-34(24-27-36)32-13-3-2-4-14-32/h2-31H,1H3. The highest BCUT2D eigenvalue weighted by molar-refractivity contribution is 7.25. The van der Waals surface area contributed by atoms with Crippen LogP contribution in [0.4, 0.5) is 17.1 Å². The number of hydrogen-bond donors (Lipinski definition) is 0. The minimum Gasteiger partial charge on any atom is -0.310 e. The van der Waals surface area contributed by atoms with E-state index in [0.29, 0.717) is 0 Å². The third-order valence-electron chi connectivity index (χ3n) is 10.7. The highest BCUT2D eigenvalue weighted by Gasteiger charge is 2.43. The third kappa shape index (κ3) is 4.39. The molecule has 0 amide bonds. The molecule has 50 heavy (non-hydrogen) atoms. The van der Waals surface area contributed by atoms with E-state index in [1.54, 1.807) is 0 Å². The predicted molar refractivity (Wildman–Crippen MR) is 214 cm³/mol. The summed E-state index contributed by atoms with van der Waals surface area (Å²) < 4.78 is 2.60. The van der Waals surface area contributed by atoms with Crippen LogP contribution in [0.5, 0.6) is 0 Å². The number of nitrogens with zero attached hydrogens (tertiary/aromatic N) is 1. The third-order valence-corrected chi connectivity index (χ3v) is 11.9. The summed E-state index contributed by atoms with van der Waals surface area (Å²) in [6.07, 6.45) is 0. The molecular weight excluding hydrogens is 623 g/mol. The van der Waals surface area contributed by atoms with Gasteiger partial charge in [-0.1, -0.05) is 140 Å². The zero-order chi connectivity index (χ0) is 33.2. The van der Waals surface area contributed by atoms with E-state index >= 15 is 0 Å². The Balaban J connectivity index is 1.30. The summed E-state index contributed by atoms with van der Waals surface area (Å²) >= 11 is 1.88. The van der Waals surface area contributed by atoms with Gasteiger partial charge in [-0.2, -0.15) is 0 Å². The Bertz CT molecular complexity index is 2670. The molecule has 10 rings (SSSR count). The number of rotatable bonds is 5. The number of anilines is 3. The van der Waals surface area contributed by atoms with Gasteiger partial charge in [0.2, 0.25) is 0 Å². The number of hydrogen-bond acceptors (Lipinski definition) is 2. The van der Waals surface area contributed by atoms with E-state index in [9.17, 15) is 0 Å². The van der Waals surface area contributed by atoms with Crippen LogP contribution in [-0.2, 0) is 5.41 Å². The van der Waals surface area contributed by atoms with E-state index in [-0.39, 0.29) is 0 Å². The second-order valence-electron chi connectivity index (χ2n) is 13.5. The first-order valence-corrected chi connectivity index (χ1v) is 18.1. The largest absolute Gasteiger partial charge is 0.310 e. The number of thiophene rings is 1. The van der Waals surface area contributed by atoms with Gasteiger partial charge in [0.25, 0.3) is 0 Å². The predicted octanol–water partition coefficient (Wildman–Crippen LogP) is 13.7. The Hall–Kier alpha value is -5.96. The molecule has 9 aromatic rings. The molecular formula is C48H33NS. The lowest BCUT2D eigenvalue weighted by molar-refractivity contribution is 0.715. The van der Waals surface area contributed by atoms with E-state index in [1.165, 1.54) is 75.6 Å². The molecule has 0 fully saturated rings. The Morgan fingerprint density at radius 3 is 1.78 bits per heavy atom. The Labute approximate surface area is 296 Å². The molecule has 1 aromatic heterocycles. The van der Waals surface area contributed by atoms with Crippen LogP contribution >= 0.6 is 11.3 Å². The van der Waals surface area contributed by atoms with Crippen molar-refractivity contribution in [1.29, 1.82) is 0 Å².